The van der Waals surface area contributed by atoms with Crippen molar-refractivity contribution >= 4 is 55.8 Å². The van der Waals surface area contributed by atoms with Gasteiger partial charge in [-0.1, -0.05) is 11.6 Å². The summed E-state index contributed by atoms with van der Waals surface area (Å²) in [6, 6.07) is 9.83. The van der Waals surface area contributed by atoms with Gasteiger partial charge in [0.1, 0.15) is 4.90 Å². The van der Waals surface area contributed by atoms with Crippen molar-refractivity contribution in [1.29, 1.82) is 0 Å². The third-order valence-electron chi connectivity index (χ3n) is 3.39. The van der Waals surface area contributed by atoms with Crippen LogP contribution in [-0.4, -0.2) is 32.7 Å². The van der Waals surface area contributed by atoms with Gasteiger partial charge in [-0.05, 0) is 71.5 Å². The third kappa shape index (κ3) is 4.08. The summed E-state index contributed by atoms with van der Waals surface area (Å²) in [6.07, 6.45) is 0. The molecule has 1 N–H and O–H groups in total. The van der Waals surface area contributed by atoms with E-state index in [1.54, 1.807) is 0 Å². The summed E-state index contributed by atoms with van der Waals surface area (Å²) in [5.41, 5.74) is 1.82. The number of halogens is 2. The Morgan fingerprint density at radius 1 is 1.17 bits per heavy atom. The monoisotopic (exact) mass is 478 g/mol. The molecule has 0 bridgehead atoms. The minimum Gasteiger partial charge on any atom is -0.322 e. The van der Waals surface area contributed by atoms with Crippen LogP contribution in [0.25, 0.3) is 0 Å². The number of nitrogens with one attached hydrogen (secondary N) is 1. The number of hydrogen-bond acceptors (Lipinski definition) is 3. The van der Waals surface area contributed by atoms with Crippen LogP contribution < -0.4 is 5.32 Å². The van der Waals surface area contributed by atoms with Crippen molar-refractivity contribution in [1.82, 2.24) is 4.31 Å². The van der Waals surface area contributed by atoms with Crippen LogP contribution in [0.2, 0.25) is 5.02 Å². The first-order valence-electron chi connectivity index (χ1n) is 6.92. The van der Waals surface area contributed by atoms with Gasteiger partial charge in [-0.15, -0.1) is 0 Å². The fourth-order valence-electron chi connectivity index (χ4n) is 2.00. The van der Waals surface area contributed by atoms with Gasteiger partial charge in [-0.2, -0.15) is 0 Å². The predicted octanol–water partition coefficient (Wildman–Crippen LogP) is 3.76. The van der Waals surface area contributed by atoms with Gasteiger partial charge in [0, 0.05) is 28.9 Å². The summed E-state index contributed by atoms with van der Waals surface area (Å²) in [6.45, 7) is 1.89. The maximum Gasteiger partial charge on any atom is 0.255 e. The summed E-state index contributed by atoms with van der Waals surface area (Å²) in [4.78, 5) is 12.4. The van der Waals surface area contributed by atoms with Gasteiger partial charge in [0.15, 0.2) is 0 Å². The minimum absolute atomic E-state index is 0.0747. The number of sulfonamides is 1. The number of hydrogen-bond donors (Lipinski definition) is 1. The Morgan fingerprint density at radius 2 is 1.83 bits per heavy atom. The Kier molecular flexibility index (Phi) is 5.90. The molecule has 128 valence electrons. The van der Waals surface area contributed by atoms with Gasteiger partial charge < -0.3 is 5.32 Å². The van der Waals surface area contributed by atoms with Crippen LogP contribution in [0.4, 0.5) is 5.69 Å². The van der Waals surface area contributed by atoms with Crippen molar-refractivity contribution in [3.63, 3.8) is 0 Å². The van der Waals surface area contributed by atoms with Crippen molar-refractivity contribution in [2.24, 2.45) is 0 Å². The van der Waals surface area contributed by atoms with Crippen molar-refractivity contribution in [3.05, 3.63) is 56.1 Å². The summed E-state index contributed by atoms with van der Waals surface area (Å²) in [7, 11) is -0.910. The first-order chi connectivity index (χ1) is 11.1. The molecule has 2 aromatic rings. The van der Waals surface area contributed by atoms with Gasteiger partial charge in [0.05, 0.1) is 5.02 Å². The smallest absolute Gasteiger partial charge is 0.255 e. The highest BCUT2D eigenvalue weighted by molar-refractivity contribution is 14.1. The maximum atomic E-state index is 12.4. The van der Waals surface area contributed by atoms with Gasteiger partial charge in [-0.3, -0.25) is 4.79 Å². The van der Waals surface area contributed by atoms with Crippen molar-refractivity contribution in [3.8, 4) is 0 Å². The number of anilines is 1. The molecule has 0 fully saturated rings. The molecular formula is C16H16ClIN2O3S. The highest BCUT2D eigenvalue weighted by Crippen LogP contribution is 2.25. The molecule has 2 rings (SSSR count). The fourth-order valence-corrected chi connectivity index (χ4v) is 4.04. The molecule has 5 nitrogen and oxygen atoms in total. The van der Waals surface area contributed by atoms with Crippen LogP contribution in [0.1, 0.15) is 15.9 Å². The lowest BCUT2D eigenvalue weighted by atomic mass is 10.1. The zero-order valence-corrected chi connectivity index (χ0v) is 17.0. The van der Waals surface area contributed by atoms with Crippen LogP contribution in [0.15, 0.2) is 41.3 Å². The summed E-state index contributed by atoms with van der Waals surface area (Å²) in [5, 5.41) is 2.86. The van der Waals surface area contributed by atoms with E-state index in [0.717, 1.165) is 13.4 Å². The van der Waals surface area contributed by atoms with E-state index < -0.39 is 15.9 Å². The van der Waals surface area contributed by atoms with Gasteiger partial charge >= 0.3 is 0 Å². The Balaban J connectivity index is 2.37. The third-order valence-corrected chi connectivity index (χ3v) is 6.36. The molecule has 0 aliphatic heterocycles. The molecule has 0 saturated heterocycles. The second-order valence-corrected chi connectivity index (χ2v) is 9.12. The molecule has 0 heterocycles. The molecule has 2 aromatic carbocycles. The van der Waals surface area contributed by atoms with Crippen LogP contribution in [-0.2, 0) is 10.0 Å². The topological polar surface area (TPSA) is 66.5 Å². The molecule has 0 aliphatic rings. The molecule has 0 aromatic heterocycles. The number of carbonyl (C=O) groups excluding carboxylic acids is 1. The Labute approximate surface area is 160 Å². The summed E-state index contributed by atoms with van der Waals surface area (Å²) < 4.78 is 26.7. The number of carbonyl (C=O) groups is 1. The molecule has 0 atom stereocenters. The molecule has 0 spiro atoms. The number of nitrogens with zero attached hydrogens (tertiary/aromatic N) is 1. The maximum absolute atomic E-state index is 12.4. The molecule has 0 saturated carbocycles. The van der Waals surface area contributed by atoms with Gasteiger partial charge in [0.25, 0.3) is 5.91 Å². The number of benzene rings is 2. The number of rotatable bonds is 4. The fraction of sp³-hybridized carbons (Fsp3) is 0.188. The molecule has 0 radical (unpaired) electrons. The van der Waals surface area contributed by atoms with E-state index in [0.29, 0.717) is 5.69 Å². The highest BCUT2D eigenvalue weighted by atomic mass is 127. The average Bonchev–Trinajstić information content (AvgIpc) is 2.50. The molecule has 1 amide bonds. The van der Waals surface area contributed by atoms with E-state index in [1.165, 1.54) is 32.3 Å². The highest BCUT2D eigenvalue weighted by Gasteiger charge is 2.22. The molecular weight excluding hydrogens is 463 g/mol. The lowest BCUT2D eigenvalue weighted by molar-refractivity contribution is 0.102. The second kappa shape index (κ2) is 7.38. The molecule has 8 heteroatoms. The normalized spacial score (nSPS) is 11.6. The SMILES string of the molecule is Cc1cc(I)ccc1NC(=O)c1ccc(Cl)c(S(=O)(=O)N(C)C)c1. The largest absolute Gasteiger partial charge is 0.322 e. The number of amides is 1. The average molecular weight is 479 g/mol. The van der Waals surface area contributed by atoms with Crippen LogP contribution in [0, 0.1) is 10.5 Å². The van der Waals surface area contributed by atoms with E-state index in [9.17, 15) is 13.2 Å². The zero-order valence-electron chi connectivity index (χ0n) is 13.3. The molecule has 24 heavy (non-hydrogen) atoms. The standard InChI is InChI=1S/C16H16ClIN2O3S/c1-10-8-12(18)5-7-14(10)19-16(21)11-4-6-13(17)15(9-11)24(22,23)20(2)3/h4-9H,1-3H3,(H,19,21). The van der Waals surface area contributed by atoms with Crippen LogP contribution in [0.5, 0.6) is 0 Å². The van der Waals surface area contributed by atoms with E-state index in [2.05, 4.69) is 27.9 Å². The van der Waals surface area contributed by atoms with E-state index >= 15 is 0 Å². The molecule has 0 aliphatic carbocycles. The van der Waals surface area contributed by atoms with Crippen molar-refractivity contribution in [2.75, 3.05) is 19.4 Å². The lowest BCUT2D eigenvalue weighted by Crippen LogP contribution is -2.23. The van der Waals surface area contributed by atoms with Crippen LogP contribution in [0.3, 0.4) is 0 Å². The quantitative estimate of drug-likeness (QED) is 0.681. The van der Waals surface area contributed by atoms with E-state index in [1.807, 2.05) is 25.1 Å². The zero-order chi connectivity index (χ0) is 18.1. The van der Waals surface area contributed by atoms with Crippen LogP contribution >= 0.6 is 34.2 Å². The first-order valence-corrected chi connectivity index (χ1v) is 9.82. The predicted molar refractivity (Wildman–Crippen MR) is 104 cm³/mol. The summed E-state index contributed by atoms with van der Waals surface area (Å²) in [5.74, 6) is -0.397. The van der Waals surface area contributed by atoms with Gasteiger partial charge in [-0.25, -0.2) is 12.7 Å². The van der Waals surface area contributed by atoms with Gasteiger partial charge in [0.2, 0.25) is 10.0 Å². The first kappa shape index (κ1) is 19.2. The van der Waals surface area contributed by atoms with E-state index in [-0.39, 0.29) is 15.5 Å². The lowest BCUT2D eigenvalue weighted by Gasteiger charge is -2.14. The Bertz CT molecular complexity index is 898. The molecule has 0 unspecified atom stereocenters. The van der Waals surface area contributed by atoms with E-state index in [4.69, 9.17) is 11.6 Å². The second-order valence-electron chi connectivity index (χ2n) is 5.35. The Morgan fingerprint density at radius 3 is 2.42 bits per heavy atom. The van der Waals surface area contributed by atoms with Crippen molar-refractivity contribution < 1.29 is 13.2 Å². The Hall–Kier alpha value is -1.16. The minimum atomic E-state index is -3.73. The van der Waals surface area contributed by atoms with Crippen molar-refractivity contribution in [2.45, 2.75) is 11.8 Å². The number of aryl methyl sites for hydroxylation is 1. The summed E-state index contributed by atoms with van der Waals surface area (Å²) >= 11 is 8.19.